The van der Waals surface area contributed by atoms with Gasteiger partial charge in [-0.3, -0.25) is 0 Å². The van der Waals surface area contributed by atoms with Crippen LogP contribution in [0.3, 0.4) is 0 Å². The summed E-state index contributed by atoms with van der Waals surface area (Å²) in [5, 5.41) is 3.32. The molecule has 0 fully saturated rings. The maximum atomic E-state index is 5.93. The van der Waals surface area contributed by atoms with Crippen LogP contribution in [0.15, 0.2) is 0 Å². The van der Waals surface area contributed by atoms with Crippen LogP contribution >= 0.6 is 11.8 Å². The van der Waals surface area contributed by atoms with E-state index in [4.69, 9.17) is 5.73 Å². The van der Waals surface area contributed by atoms with E-state index in [0.717, 1.165) is 29.5 Å². The van der Waals surface area contributed by atoms with Gasteiger partial charge in [0.1, 0.15) is 17.5 Å². The number of nitrogens with two attached hydrogens (primary N) is 1. The van der Waals surface area contributed by atoms with E-state index in [1.165, 1.54) is 0 Å². The van der Waals surface area contributed by atoms with E-state index in [9.17, 15) is 0 Å². The molecule has 0 aliphatic rings. The first-order valence-electron chi connectivity index (χ1n) is 5.73. The Morgan fingerprint density at radius 3 is 2.47 bits per heavy atom. The van der Waals surface area contributed by atoms with Crippen LogP contribution in [0.1, 0.15) is 32.2 Å². The van der Waals surface area contributed by atoms with Gasteiger partial charge >= 0.3 is 0 Å². The Morgan fingerprint density at radius 1 is 1.29 bits per heavy atom. The minimum absolute atomic E-state index is 0.0856. The van der Waals surface area contributed by atoms with Gasteiger partial charge in [0.25, 0.3) is 0 Å². The maximum Gasteiger partial charge on any atom is 0.138 e. The van der Waals surface area contributed by atoms with Crippen LogP contribution in [0, 0.1) is 6.92 Å². The molecule has 0 aliphatic carbocycles. The van der Waals surface area contributed by atoms with Crippen LogP contribution in [0.2, 0.25) is 0 Å². The Labute approximate surface area is 108 Å². The van der Waals surface area contributed by atoms with Gasteiger partial charge in [-0.15, -0.1) is 0 Å². The van der Waals surface area contributed by atoms with Crippen molar-refractivity contribution >= 4 is 23.4 Å². The van der Waals surface area contributed by atoms with Crippen molar-refractivity contribution < 1.29 is 0 Å². The molecule has 5 heteroatoms. The molecule has 0 aliphatic heterocycles. The first-order chi connectivity index (χ1) is 7.86. The van der Waals surface area contributed by atoms with Gasteiger partial charge in [0.2, 0.25) is 0 Å². The second kappa shape index (κ2) is 5.58. The number of nitrogens with zero attached hydrogens (tertiary/aromatic N) is 2. The third kappa shape index (κ3) is 3.77. The Kier molecular flexibility index (Phi) is 4.62. The normalized spacial score (nSPS) is 11.6. The van der Waals surface area contributed by atoms with Crippen molar-refractivity contribution in [1.82, 2.24) is 9.97 Å². The molecule has 3 N–H and O–H groups in total. The molecule has 0 spiro atoms. The third-order valence-corrected chi connectivity index (χ3v) is 3.07. The first-order valence-corrected chi connectivity index (χ1v) is 7.13. The molecule has 0 atom stereocenters. The zero-order valence-corrected chi connectivity index (χ0v) is 12.1. The molecule has 0 bridgehead atoms. The van der Waals surface area contributed by atoms with E-state index in [1.54, 1.807) is 11.8 Å². The van der Waals surface area contributed by atoms with Crippen LogP contribution in [-0.2, 0) is 5.41 Å². The average Bonchev–Trinajstić information content (AvgIpc) is 2.22. The molecule has 0 saturated heterocycles. The number of anilines is 2. The molecule has 96 valence electrons. The predicted octanol–water partition coefficient (Wildman–Crippen LogP) is 2.44. The van der Waals surface area contributed by atoms with Gasteiger partial charge in [0.05, 0.1) is 0 Å². The standard InChI is InChI=1S/C12H22N4S/c1-8-9(13)15-11(12(2,3)4)16-10(8)14-6-7-17-5/h6-7H2,1-5H3,(H3,13,14,15,16). The van der Waals surface area contributed by atoms with Crippen molar-refractivity contribution in [3.05, 3.63) is 11.4 Å². The highest BCUT2D eigenvalue weighted by atomic mass is 32.2. The van der Waals surface area contributed by atoms with Gasteiger partial charge in [0.15, 0.2) is 0 Å². The van der Waals surface area contributed by atoms with Gasteiger partial charge in [-0.05, 0) is 13.2 Å². The summed E-state index contributed by atoms with van der Waals surface area (Å²) in [5.74, 6) is 3.26. The van der Waals surface area contributed by atoms with Crippen molar-refractivity contribution in [3.8, 4) is 0 Å². The van der Waals surface area contributed by atoms with Crippen molar-refractivity contribution in [2.75, 3.05) is 29.6 Å². The SMILES string of the molecule is CSCCNc1nc(C(C)(C)C)nc(N)c1C. The number of hydrogen-bond donors (Lipinski definition) is 2. The monoisotopic (exact) mass is 254 g/mol. The second-order valence-electron chi connectivity index (χ2n) is 5.08. The largest absolute Gasteiger partial charge is 0.383 e. The van der Waals surface area contributed by atoms with E-state index in [2.05, 4.69) is 42.3 Å². The summed E-state index contributed by atoms with van der Waals surface area (Å²) in [6.45, 7) is 9.10. The Balaban J connectivity index is 2.99. The first kappa shape index (κ1) is 14.1. The fraction of sp³-hybridized carbons (Fsp3) is 0.667. The molecule has 0 unspecified atom stereocenters. The van der Waals surface area contributed by atoms with E-state index in [1.807, 2.05) is 6.92 Å². The molecule has 0 aromatic carbocycles. The highest BCUT2D eigenvalue weighted by Gasteiger charge is 2.20. The number of hydrogen-bond acceptors (Lipinski definition) is 5. The van der Waals surface area contributed by atoms with E-state index in [0.29, 0.717) is 5.82 Å². The summed E-state index contributed by atoms with van der Waals surface area (Å²) in [7, 11) is 0. The second-order valence-corrected chi connectivity index (χ2v) is 6.06. The predicted molar refractivity (Wildman–Crippen MR) is 76.8 cm³/mol. The van der Waals surface area contributed by atoms with Crippen LogP contribution in [-0.4, -0.2) is 28.5 Å². The smallest absolute Gasteiger partial charge is 0.138 e. The van der Waals surface area contributed by atoms with E-state index < -0.39 is 0 Å². The highest BCUT2D eigenvalue weighted by Crippen LogP contribution is 2.24. The fourth-order valence-corrected chi connectivity index (χ4v) is 1.62. The Hall–Kier alpha value is -0.970. The summed E-state index contributed by atoms with van der Waals surface area (Å²) in [6.07, 6.45) is 2.09. The molecule has 0 saturated carbocycles. The van der Waals surface area contributed by atoms with E-state index >= 15 is 0 Å². The topological polar surface area (TPSA) is 63.8 Å². The van der Waals surface area contributed by atoms with Crippen LogP contribution in [0.4, 0.5) is 11.6 Å². The Bertz CT molecular complexity index is 385. The molecule has 1 aromatic rings. The minimum atomic E-state index is -0.0856. The fourth-order valence-electron chi connectivity index (χ4n) is 1.31. The van der Waals surface area contributed by atoms with E-state index in [-0.39, 0.29) is 5.41 Å². The molecular formula is C12H22N4S. The van der Waals surface area contributed by atoms with Crippen molar-refractivity contribution in [2.24, 2.45) is 0 Å². The molecule has 17 heavy (non-hydrogen) atoms. The summed E-state index contributed by atoms with van der Waals surface area (Å²) in [5.41, 5.74) is 6.77. The molecule has 1 heterocycles. The lowest BCUT2D eigenvalue weighted by molar-refractivity contribution is 0.546. The van der Waals surface area contributed by atoms with Gasteiger partial charge in [-0.1, -0.05) is 20.8 Å². The molecule has 0 radical (unpaired) electrons. The lowest BCUT2D eigenvalue weighted by Gasteiger charge is -2.19. The molecule has 4 nitrogen and oxygen atoms in total. The number of nitrogen functional groups attached to an aromatic ring is 1. The van der Waals surface area contributed by atoms with Gasteiger partial charge in [0, 0.05) is 23.3 Å². The van der Waals surface area contributed by atoms with Crippen LogP contribution in [0.5, 0.6) is 0 Å². The summed E-state index contributed by atoms with van der Waals surface area (Å²) >= 11 is 1.80. The molecule has 1 rings (SSSR count). The lowest BCUT2D eigenvalue weighted by atomic mass is 9.95. The summed E-state index contributed by atoms with van der Waals surface area (Å²) in [4.78, 5) is 8.92. The number of nitrogens with one attached hydrogen (secondary N) is 1. The Morgan fingerprint density at radius 2 is 1.94 bits per heavy atom. The van der Waals surface area contributed by atoms with Gasteiger partial charge in [-0.2, -0.15) is 11.8 Å². The highest BCUT2D eigenvalue weighted by molar-refractivity contribution is 7.98. The maximum absolute atomic E-state index is 5.93. The van der Waals surface area contributed by atoms with Gasteiger partial charge < -0.3 is 11.1 Å². The number of aromatic nitrogens is 2. The quantitative estimate of drug-likeness (QED) is 0.808. The number of rotatable bonds is 4. The average molecular weight is 254 g/mol. The minimum Gasteiger partial charge on any atom is -0.383 e. The van der Waals surface area contributed by atoms with Crippen molar-refractivity contribution in [2.45, 2.75) is 33.1 Å². The van der Waals surface area contributed by atoms with Gasteiger partial charge in [-0.25, -0.2) is 9.97 Å². The van der Waals surface area contributed by atoms with Crippen molar-refractivity contribution in [3.63, 3.8) is 0 Å². The third-order valence-electron chi connectivity index (χ3n) is 2.45. The molecule has 1 aromatic heterocycles. The van der Waals surface area contributed by atoms with Crippen LogP contribution < -0.4 is 11.1 Å². The molecular weight excluding hydrogens is 232 g/mol. The molecule has 0 amide bonds. The zero-order chi connectivity index (χ0) is 13.1. The van der Waals surface area contributed by atoms with Crippen LogP contribution in [0.25, 0.3) is 0 Å². The zero-order valence-electron chi connectivity index (χ0n) is 11.3. The summed E-state index contributed by atoms with van der Waals surface area (Å²) in [6, 6.07) is 0. The number of thioether (sulfide) groups is 1. The lowest BCUT2D eigenvalue weighted by Crippen LogP contribution is -2.20. The van der Waals surface area contributed by atoms with Crippen molar-refractivity contribution in [1.29, 1.82) is 0 Å². The summed E-state index contributed by atoms with van der Waals surface area (Å²) < 4.78 is 0.